The highest BCUT2D eigenvalue weighted by atomic mass is 32.2. The summed E-state index contributed by atoms with van der Waals surface area (Å²) in [6.45, 7) is 8.23. The van der Waals surface area contributed by atoms with E-state index >= 15 is 0 Å². The topological polar surface area (TPSA) is 75.7 Å². The monoisotopic (exact) mass is 356 g/mol. The first-order chi connectivity index (χ1) is 11.1. The number of sulfonamides is 1. The Balaban J connectivity index is 2.74. The van der Waals surface area contributed by atoms with Crippen LogP contribution in [0, 0.1) is 5.92 Å². The number of hydrogen-bond donors (Lipinski definition) is 1. The lowest BCUT2D eigenvalue weighted by Crippen LogP contribution is -2.38. The molecule has 0 atom stereocenters. The molecular formula is C17H28N2O4S. The molecular weight excluding hydrogens is 328 g/mol. The summed E-state index contributed by atoms with van der Waals surface area (Å²) in [5, 5.41) is 2.75. The van der Waals surface area contributed by atoms with Gasteiger partial charge in [0, 0.05) is 13.0 Å². The van der Waals surface area contributed by atoms with E-state index in [9.17, 15) is 13.2 Å². The Hall–Kier alpha value is -1.76. The van der Waals surface area contributed by atoms with Crippen LogP contribution in [0.1, 0.15) is 34.1 Å². The molecule has 0 heterocycles. The maximum absolute atomic E-state index is 12.0. The van der Waals surface area contributed by atoms with Gasteiger partial charge in [0.15, 0.2) is 0 Å². The minimum atomic E-state index is -3.43. The summed E-state index contributed by atoms with van der Waals surface area (Å²) in [6, 6.07) is 6.89. The van der Waals surface area contributed by atoms with E-state index < -0.39 is 10.0 Å². The normalized spacial score (nSPS) is 11.6. The van der Waals surface area contributed by atoms with Crippen molar-refractivity contribution in [3.8, 4) is 5.75 Å². The predicted molar refractivity (Wildman–Crippen MR) is 96.9 cm³/mol. The highest BCUT2D eigenvalue weighted by Gasteiger charge is 2.17. The highest BCUT2D eigenvalue weighted by molar-refractivity contribution is 7.92. The lowest BCUT2D eigenvalue weighted by atomic mass is 10.1. The maximum Gasteiger partial charge on any atom is 0.232 e. The number of carbonyl (C=O) groups excluding carboxylic acids is 1. The van der Waals surface area contributed by atoms with Crippen LogP contribution in [0.15, 0.2) is 24.3 Å². The zero-order chi connectivity index (χ0) is 18.3. The first-order valence-corrected chi connectivity index (χ1v) is 9.95. The molecule has 0 unspecified atom stereocenters. The lowest BCUT2D eigenvalue weighted by Gasteiger charge is -2.23. The average molecular weight is 356 g/mol. The van der Waals surface area contributed by atoms with Crippen molar-refractivity contribution in [3.63, 3.8) is 0 Å². The minimum Gasteiger partial charge on any atom is -0.491 e. The van der Waals surface area contributed by atoms with E-state index in [-0.39, 0.29) is 31.0 Å². The van der Waals surface area contributed by atoms with Crippen LogP contribution in [0.5, 0.6) is 5.75 Å². The second kappa shape index (κ2) is 8.92. The molecule has 7 heteroatoms. The molecule has 1 rings (SSSR count). The number of carbonyl (C=O) groups is 1. The summed E-state index contributed by atoms with van der Waals surface area (Å²) in [5.74, 6) is 0.885. The second-order valence-corrected chi connectivity index (χ2v) is 8.35. The highest BCUT2D eigenvalue weighted by Crippen LogP contribution is 2.22. The van der Waals surface area contributed by atoms with E-state index in [1.165, 1.54) is 4.31 Å². The molecule has 0 fully saturated rings. The standard InChI is InChI=1S/C17H28N2O4S/c1-13(2)12-17(20)18-10-11-19(24(5,21)22)15-6-8-16(9-7-15)23-14(3)4/h6-9,13-14H,10-12H2,1-5H3,(H,18,20). The first kappa shape index (κ1) is 20.3. The Labute approximate surface area is 145 Å². The van der Waals surface area contributed by atoms with Crippen molar-refractivity contribution >= 4 is 21.6 Å². The van der Waals surface area contributed by atoms with Gasteiger partial charge in [-0.15, -0.1) is 0 Å². The second-order valence-electron chi connectivity index (χ2n) is 6.44. The number of nitrogens with zero attached hydrogens (tertiary/aromatic N) is 1. The average Bonchev–Trinajstić information content (AvgIpc) is 2.42. The number of amides is 1. The predicted octanol–water partition coefficient (Wildman–Crippen LogP) is 2.40. The number of hydrogen-bond acceptors (Lipinski definition) is 4. The van der Waals surface area contributed by atoms with Gasteiger partial charge in [-0.25, -0.2) is 8.42 Å². The molecule has 1 amide bonds. The van der Waals surface area contributed by atoms with Gasteiger partial charge in [-0.2, -0.15) is 0 Å². The molecule has 1 aromatic carbocycles. The Morgan fingerprint density at radius 3 is 2.21 bits per heavy atom. The van der Waals surface area contributed by atoms with Crippen LogP contribution < -0.4 is 14.4 Å². The summed E-state index contributed by atoms with van der Waals surface area (Å²) in [4.78, 5) is 11.7. The molecule has 0 spiro atoms. The minimum absolute atomic E-state index is 0.0537. The van der Waals surface area contributed by atoms with Gasteiger partial charge in [0.2, 0.25) is 15.9 Å². The summed E-state index contributed by atoms with van der Waals surface area (Å²) >= 11 is 0. The molecule has 24 heavy (non-hydrogen) atoms. The van der Waals surface area contributed by atoms with Gasteiger partial charge < -0.3 is 10.1 Å². The fourth-order valence-corrected chi connectivity index (χ4v) is 3.12. The first-order valence-electron chi connectivity index (χ1n) is 8.10. The molecule has 136 valence electrons. The van der Waals surface area contributed by atoms with Crippen molar-refractivity contribution in [3.05, 3.63) is 24.3 Å². The van der Waals surface area contributed by atoms with Crippen LogP contribution in [0.25, 0.3) is 0 Å². The fourth-order valence-electron chi connectivity index (χ4n) is 2.19. The van der Waals surface area contributed by atoms with E-state index in [0.29, 0.717) is 17.9 Å². The van der Waals surface area contributed by atoms with Crippen LogP contribution in [0.4, 0.5) is 5.69 Å². The number of ether oxygens (including phenoxy) is 1. The third-order valence-electron chi connectivity index (χ3n) is 3.13. The largest absolute Gasteiger partial charge is 0.491 e. The van der Waals surface area contributed by atoms with E-state index in [1.54, 1.807) is 24.3 Å². The molecule has 0 radical (unpaired) electrons. The van der Waals surface area contributed by atoms with Gasteiger partial charge in [-0.3, -0.25) is 9.10 Å². The molecule has 6 nitrogen and oxygen atoms in total. The molecule has 0 saturated heterocycles. The van der Waals surface area contributed by atoms with E-state index in [2.05, 4.69) is 5.32 Å². The molecule has 0 aliphatic rings. The Kier molecular flexibility index (Phi) is 7.54. The smallest absolute Gasteiger partial charge is 0.232 e. The third-order valence-corrected chi connectivity index (χ3v) is 4.32. The molecule has 0 aliphatic carbocycles. The number of nitrogens with one attached hydrogen (secondary N) is 1. The van der Waals surface area contributed by atoms with Crippen LogP contribution >= 0.6 is 0 Å². The summed E-state index contributed by atoms with van der Waals surface area (Å²) in [5.41, 5.74) is 0.548. The molecule has 1 N–H and O–H groups in total. The molecule has 0 saturated carbocycles. The van der Waals surface area contributed by atoms with Crippen molar-refractivity contribution in [2.45, 2.75) is 40.2 Å². The van der Waals surface area contributed by atoms with Crippen LogP contribution in [0.3, 0.4) is 0 Å². The SMILES string of the molecule is CC(C)CC(=O)NCCN(c1ccc(OC(C)C)cc1)S(C)(=O)=O. The van der Waals surface area contributed by atoms with Gasteiger partial charge in [-0.05, 0) is 44.0 Å². The lowest BCUT2D eigenvalue weighted by molar-refractivity contribution is -0.121. The maximum atomic E-state index is 12.0. The zero-order valence-electron chi connectivity index (χ0n) is 15.1. The zero-order valence-corrected chi connectivity index (χ0v) is 15.9. The fraction of sp³-hybridized carbons (Fsp3) is 0.588. The number of benzene rings is 1. The summed E-state index contributed by atoms with van der Waals surface area (Å²) < 4.78 is 30.9. The van der Waals surface area contributed by atoms with Gasteiger partial charge in [-0.1, -0.05) is 13.8 Å². The Morgan fingerprint density at radius 2 is 1.75 bits per heavy atom. The Bertz CT molecular complexity index is 624. The van der Waals surface area contributed by atoms with Crippen molar-refractivity contribution in [1.82, 2.24) is 5.32 Å². The van der Waals surface area contributed by atoms with Gasteiger partial charge in [0.25, 0.3) is 0 Å². The van der Waals surface area contributed by atoms with Crippen LogP contribution in [-0.2, 0) is 14.8 Å². The number of rotatable bonds is 9. The van der Waals surface area contributed by atoms with Crippen molar-refractivity contribution in [1.29, 1.82) is 0 Å². The number of anilines is 1. The van der Waals surface area contributed by atoms with Gasteiger partial charge in [0.05, 0.1) is 24.6 Å². The van der Waals surface area contributed by atoms with Crippen LogP contribution in [-0.4, -0.2) is 39.8 Å². The summed E-state index contributed by atoms with van der Waals surface area (Å²) in [6.07, 6.45) is 1.64. The van der Waals surface area contributed by atoms with Crippen molar-refractivity contribution in [2.75, 3.05) is 23.7 Å². The van der Waals surface area contributed by atoms with E-state index in [0.717, 1.165) is 6.26 Å². The molecule has 1 aromatic rings. The quantitative estimate of drug-likeness (QED) is 0.737. The summed E-state index contributed by atoms with van der Waals surface area (Å²) in [7, 11) is -3.43. The molecule has 0 aromatic heterocycles. The molecule has 0 bridgehead atoms. The van der Waals surface area contributed by atoms with Crippen molar-refractivity contribution < 1.29 is 17.9 Å². The van der Waals surface area contributed by atoms with Gasteiger partial charge >= 0.3 is 0 Å². The van der Waals surface area contributed by atoms with E-state index in [4.69, 9.17) is 4.74 Å². The van der Waals surface area contributed by atoms with E-state index in [1.807, 2.05) is 27.7 Å². The van der Waals surface area contributed by atoms with Crippen molar-refractivity contribution in [2.24, 2.45) is 5.92 Å². The van der Waals surface area contributed by atoms with Gasteiger partial charge in [0.1, 0.15) is 5.75 Å². The third kappa shape index (κ3) is 7.21. The van der Waals surface area contributed by atoms with Crippen LogP contribution in [0.2, 0.25) is 0 Å². The Morgan fingerprint density at radius 1 is 1.17 bits per heavy atom. The molecule has 0 aliphatic heterocycles.